The van der Waals surface area contributed by atoms with Crippen molar-refractivity contribution in [1.82, 2.24) is 9.80 Å². The van der Waals surface area contributed by atoms with Crippen LogP contribution >= 0.6 is 23.2 Å². The normalized spacial score (nSPS) is 14.9. The van der Waals surface area contributed by atoms with E-state index in [0.29, 0.717) is 13.1 Å². The minimum atomic E-state index is -4.05. The molecule has 0 bridgehead atoms. The zero-order chi connectivity index (χ0) is 24.8. The zero-order valence-corrected chi connectivity index (χ0v) is 21.2. The van der Waals surface area contributed by atoms with Gasteiger partial charge >= 0.3 is 0 Å². The number of nitrogens with one attached hydrogen (secondary N) is 1. The lowest BCUT2D eigenvalue weighted by molar-refractivity contribution is 0.0651. The molecule has 0 saturated carbocycles. The molecule has 1 saturated heterocycles. The molecule has 3 aromatic rings. The molecule has 0 radical (unpaired) electrons. The Kier molecular flexibility index (Phi) is 8.13. The van der Waals surface area contributed by atoms with E-state index in [1.807, 2.05) is 18.2 Å². The van der Waals surface area contributed by atoms with E-state index in [4.69, 9.17) is 23.2 Å². The summed E-state index contributed by atoms with van der Waals surface area (Å²) in [6.07, 6.45) is 4.21. The summed E-state index contributed by atoms with van der Waals surface area (Å²) in [6, 6.07) is 20.9. The molecule has 0 aliphatic carbocycles. The molecule has 182 valence electrons. The van der Waals surface area contributed by atoms with Gasteiger partial charge in [0.25, 0.3) is 15.9 Å². The van der Waals surface area contributed by atoms with Crippen molar-refractivity contribution >= 4 is 50.9 Å². The molecule has 1 aliphatic heterocycles. The van der Waals surface area contributed by atoms with Crippen LogP contribution < -0.4 is 4.72 Å². The van der Waals surface area contributed by atoms with Crippen LogP contribution in [0.3, 0.4) is 0 Å². The lowest BCUT2D eigenvalue weighted by Crippen LogP contribution is -2.48. The van der Waals surface area contributed by atoms with E-state index in [1.54, 1.807) is 29.2 Å². The van der Waals surface area contributed by atoms with Gasteiger partial charge in [0.2, 0.25) is 0 Å². The summed E-state index contributed by atoms with van der Waals surface area (Å²) in [5.74, 6) is -0.222. The minimum Gasteiger partial charge on any atom is -0.336 e. The van der Waals surface area contributed by atoms with Crippen LogP contribution in [0.5, 0.6) is 0 Å². The van der Waals surface area contributed by atoms with Crippen molar-refractivity contribution in [3.05, 3.63) is 100 Å². The number of para-hydroxylation sites is 1. The number of sulfonamides is 1. The molecule has 9 heteroatoms. The third-order valence-corrected chi connectivity index (χ3v) is 7.80. The maximum atomic E-state index is 13.3. The molecule has 4 rings (SSSR count). The Bertz CT molecular complexity index is 1320. The van der Waals surface area contributed by atoms with Gasteiger partial charge in [-0.05, 0) is 35.9 Å². The first-order valence-corrected chi connectivity index (χ1v) is 13.4. The van der Waals surface area contributed by atoms with E-state index < -0.39 is 10.0 Å². The number of hydrogen-bond donors (Lipinski definition) is 1. The summed E-state index contributed by atoms with van der Waals surface area (Å²) in [5.41, 5.74) is 1.63. The van der Waals surface area contributed by atoms with Crippen molar-refractivity contribution in [3.63, 3.8) is 0 Å². The van der Waals surface area contributed by atoms with Crippen molar-refractivity contribution in [2.45, 2.75) is 4.90 Å². The minimum absolute atomic E-state index is 0.0446. The summed E-state index contributed by atoms with van der Waals surface area (Å²) < 4.78 is 28.5. The summed E-state index contributed by atoms with van der Waals surface area (Å²) in [7, 11) is -4.05. The summed E-state index contributed by atoms with van der Waals surface area (Å²) in [5, 5.41) is 0.291. The highest BCUT2D eigenvalue weighted by atomic mass is 35.5. The number of halogens is 2. The van der Waals surface area contributed by atoms with Crippen LogP contribution in [0.15, 0.2) is 83.8 Å². The fraction of sp³-hybridized carbons (Fsp3) is 0.192. The molecule has 0 spiro atoms. The van der Waals surface area contributed by atoms with Crippen LogP contribution in [0.2, 0.25) is 10.0 Å². The Morgan fingerprint density at radius 2 is 1.60 bits per heavy atom. The summed E-state index contributed by atoms with van der Waals surface area (Å²) in [6.45, 7) is 3.37. The third kappa shape index (κ3) is 6.44. The smallest absolute Gasteiger partial charge is 0.263 e. The van der Waals surface area contributed by atoms with Crippen LogP contribution in [0, 0.1) is 0 Å². The SMILES string of the molecule is O=C(c1ccccc1NS(=O)(=O)c1cc(Cl)ccc1Cl)N1CCN(C/C=C/c2ccccc2)CC1. The summed E-state index contributed by atoms with van der Waals surface area (Å²) >= 11 is 12.1. The first-order valence-electron chi connectivity index (χ1n) is 11.1. The second-order valence-corrected chi connectivity index (χ2v) is 10.6. The Morgan fingerprint density at radius 3 is 2.34 bits per heavy atom. The van der Waals surface area contributed by atoms with Crippen LogP contribution in [0.25, 0.3) is 6.08 Å². The number of anilines is 1. The van der Waals surface area contributed by atoms with Gasteiger partial charge in [-0.15, -0.1) is 0 Å². The predicted octanol–water partition coefficient (Wildman–Crippen LogP) is 5.27. The fourth-order valence-corrected chi connectivity index (χ4v) is 5.69. The maximum absolute atomic E-state index is 13.3. The Hall–Kier alpha value is -2.84. The Labute approximate surface area is 215 Å². The number of rotatable bonds is 7. The van der Waals surface area contributed by atoms with E-state index in [1.165, 1.54) is 18.2 Å². The molecule has 1 aliphatic rings. The maximum Gasteiger partial charge on any atom is 0.263 e. The van der Waals surface area contributed by atoms with Gasteiger partial charge in [0.05, 0.1) is 16.3 Å². The van der Waals surface area contributed by atoms with Gasteiger partial charge < -0.3 is 4.90 Å². The number of nitrogens with zero attached hydrogens (tertiary/aromatic N) is 2. The largest absolute Gasteiger partial charge is 0.336 e. The van der Waals surface area contributed by atoms with Gasteiger partial charge in [-0.3, -0.25) is 14.4 Å². The summed E-state index contributed by atoms with van der Waals surface area (Å²) in [4.78, 5) is 17.2. The number of carbonyl (C=O) groups is 1. The number of benzene rings is 3. The van der Waals surface area contributed by atoms with Gasteiger partial charge in [0.15, 0.2) is 0 Å². The molecular formula is C26H25Cl2N3O3S. The van der Waals surface area contributed by atoms with Crippen molar-refractivity contribution in [2.24, 2.45) is 0 Å². The van der Waals surface area contributed by atoms with E-state index >= 15 is 0 Å². The van der Waals surface area contributed by atoms with E-state index in [0.717, 1.165) is 25.2 Å². The van der Waals surface area contributed by atoms with Crippen LogP contribution in [-0.2, 0) is 10.0 Å². The average molecular weight is 530 g/mol. The van der Waals surface area contributed by atoms with Crippen molar-refractivity contribution < 1.29 is 13.2 Å². The lowest BCUT2D eigenvalue weighted by Gasteiger charge is -2.34. The topological polar surface area (TPSA) is 69.7 Å². The standard InChI is InChI=1S/C26H25Cl2N3O3S/c27-21-12-13-23(28)25(19-21)35(33,34)29-24-11-5-4-10-22(24)26(32)31-17-15-30(16-18-31)14-6-9-20-7-2-1-3-8-20/h1-13,19,29H,14-18H2/b9-6+. The van der Waals surface area contributed by atoms with Crippen LogP contribution in [-0.4, -0.2) is 56.8 Å². The van der Waals surface area contributed by atoms with Gasteiger partial charge in [0.1, 0.15) is 4.90 Å². The zero-order valence-electron chi connectivity index (χ0n) is 18.9. The molecule has 1 amide bonds. The molecule has 35 heavy (non-hydrogen) atoms. The highest BCUT2D eigenvalue weighted by Crippen LogP contribution is 2.28. The van der Waals surface area contributed by atoms with E-state index in [-0.39, 0.29) is 32.1 Å². The van der Waals surface area contributed by atoms with E-state index in [2.05, 4.69) is 33.9 Å². The number of amides is 1. The van der Waals surface area contributed by atoms with Crippen LogP contribution in [0.4, 0.5) is 5.69 Å². The number of hydrogen-bond acceptors (Lipinski definition) is 4. The quantitative estimate of drug-likeness (QED) is 0.452. The molecule has 0 aromatic heterocycles. The number of carbonyl (C=O) groups excluding carboxylic acids is 1. The molecule has 0 atom stereocenters. The Morgan fingerprint density at radius 1 is 0.914 bits per heavy atom. The molecule has 6 nitrogen and oxygen atoms in total. The van der Waals surface area contributed by atoms with Crippen molar-refractivity contribution in [3.8, 4) is 0 Å². The van der Waals surface area contributed by atoms with Gasteiger partial charge in [-0.25, -0.2) is 8.42 Å². The molecule has 1 fully saturated rings. The van der Waals surface area contributed by atoms with Crippen molar-refractivity contribution in [1.29, 1.82) is 0 Å². The van der Waals surface area contributed by atoms with Gasteiger partial charge in [-0.1, -0.05) is 77.8 Å². The first kappa shape index (κ1) is 25.3. The molecule has 3 aromatic carbocycles. The molecular weight excluding hydrogens is 505 g/mol. The molecule has 0 unspecified atom stereocenters. The lowest BCUT2D eigenvalue weighted by atomic mass is 10.1. The van der Waals surface area contributed by atoms with Gasteiger partial charge in [-0.2, -0.15) is 0 Å². The number of piperazine rings is 1. The predicted molar refractivity (Wildman–Crippen MR) is 142 cm³/mol. The molecule has 1 heterocycles. The van der Waals surface area contributed by atoms with Gasteiger partial charge in [0, 0.05) is 37.7 Å². The first-order chi connectivity index (χ1) is 16.8. The van der Waals surface area contributed by atoms with Crippen LogP contribution in [0.1, 0.15) is 15.9 Å². The average Bonchev–Trinajstić information content (AvgIpc) is 2.86. The third-order valence-electron chi connectivity index (χ3n) is 5.72. The van der Waals surface area contributed by atoms with Crippen molar-refractivity contribution in [2.75, 3.05) is 37.4 Å². The van der Waals surface area contributed by atoms with E-state index in [9.17, 15) is 13.2 Å². The highest BCUT2D eigenvalue weighted by molar-refractivity contribution is 7.92. The fourth-order valence-electron chi connectivity index (χ4n) is 3.85. The molecule has 1 N–H and O–H groups in total. The Balaban J connectivity index is 1.41. The second kappa shape index (κ2) is 11.3. The monoisotopic (exact) mass is 529 g/mol. The highest BCUT2D eigenvalue weighted by Gasteiger charge is 2.26. The second-order valence-electron chi connectivity index (χ2n) is 8.13.